The molecule has 2 heterocycles. The first-order valence-corrected chi connectivity index (χ1v) is 13.7. The molecule has 37 heavy (non-hydrogen) atoms. The molecule has 2 fully saturated rings. The summed E-state index contributed by atoms with van der Waals surface area (Å²) in [6.07, 6.45) is 3.82. The molecule has 3 unspecified atom stereocenters. The summed E-state index contributed by atoms with van der Waals surface area (Å²) in [5.74, 6) is 0.890. The number of piperidine rings is 1. The molecule has 1 aromatic rings. The van der Waals surface area contributed by atoms with Crippen LogP contribution in [0.5, 0.6) is 0 Å². The van der Waals surface area contributed by atoms with Crippen molar-refractivity contribution in [2.24, 2.45) is 5.92 Å². The van der Waals surface area contributed by atoms with Crippen molar-refractivity contribution in [1.29, 1.82) is 0 Å². The SMILES string of the molecule is COCNC(=O)C1C(c2ccc(F)cc2)CC2CC[C@H]1N2CCCN(CCS)CC(=O)NCCS.[O-2].[Tc+5]. The van der Waals surface area contributed by atoms with Gasteiger partial charge in [-0.25, -0.2) is 4.39 Å². The van der Waals surface area contributed by atoms with Gasteiger partial charge in [0.25, 0.3) is 0 Å². The van der Waals surface area contributed by atoms with E-state index in [0.29, 0.717) is 30.6 Å². The Bertz CT molecular complexity index is 826. The maximum atomic E-state index is 13.6. The predicted octanol–water partition coefficient (Wildman–Crippen LogP) is 2.03. The molecule has 0 aromatic heterocycles. The van der Waals surface area contributed by atoms with Gasteiger partial charge >= 0.3 is 20.1 Å². The van der Waals surface area contributed by atoms with Gasteiger partial charge in [-0.2, -0.15) is 25.3 Å². The summed E-state index contributed by atoms with van der Waals surface area (Å²) >= 11 is 8.50. The Morgan fingerprint density at radius 2 is 1.86 bits per heavy atom. The third-order valence-corrected chi connectivity index (χ3v) is 7.59. The van der Waals surface area contributed by atoms with E-state index in [9.17, 15) is 14.0 Å². The fourth-order valence-electron chi connectivity index (χ4n) is 5.68. The third-order valence-electron chi connectivity index (χ3n) is 7.16. The van der Waals surface area contributed by atoms with E-state index in [1.165, 1.54) is 12.1 Å². The van der Waals surface area contributed by atoms with Crippen LogP contribution in [-0.2, 0) is 39.9 Å². The van der Waals surface area contributed by atoms with Crippen LogP contribution in [0.2, 0.25) is 0 Å². The van der Waals surface area contributed by atoms with Crippen molar-refractivity contribution in [1.82, 2.24) is 20.4 Å². The number of methoxy groups -OCH3 is 1. The van der Waals surface area contributed by atoms with Crippen LogP contribution >= 0.6 is 25.3 Å². The number of carbonyl (C=O) groups is 2. The molecule has 2 saturated heterocycles. The second-order valence-corrected chi connectivity index (χ2v) is 10.3. The average Bonchev–Trinajstić information content (AvgIpc) is 3.12. The second kappa shape index (κ2) is 17.8. The first kappa shape index (κ1) is 34.3. The largest absolute Gasteiger partial charge is 5.00 e. The van der Waals surface area contributed by atoms with Crippen LogP contribution in [0.4, 0.5) is 4.39 Å². The van der Waals surface area contributed by atoms with Gasteiger partial charge in [0, 0.05) is 43.8 Å². The number of hydrogen-bond donors (Lipinski definition) is 4. The summed E-state index contributed by atoms with van der Waals surface area (Å²) in [5, 5.41) is 5.79. The summed E-state index contributed by atoms with van der Waals surface area (Å²) in [4.78, 5) is 30.1. The number of rotatable bonds is 14. The summed E-state index contributed by atoms with van der Waals surface area (Å²) < 4.78 is 18.7. The number of thiol groups is 2. The zero-order valence-corrected chi connectivity index (χ0v) is 24.9. The van der Waals surface area contributed by atoms with Gasteiger partial charge in [0.15, 0.2) is 0 Å². The van der Waals surface area contributed by atoms with Crippen LogP contribution in [0.3, 0.4) is 0 Å². The van der Waals surface area contributed by atoms with Crippen molar-refractivity contribution in [3.05, 3.63) is 35.6 Å². The van der Waals surface area contributed by atoms with Gasteiger partial charge < -0.3 is 20.8 Å². The summed E-state index contributed by atoms with van der Waals surface area (Å²) in [6, 6.07) is 7.14. The van der Waals surface area contributed by atoms with Gasteiger partial charge in [-0.05, 0) is 62.4 Å². The van der Waals surface area contributed by atoms with Crippen LogP contribution in [0.15, 0.2) is 24.3 Å². The normalized spacial score (nSPS) is 22.7. The molecule has 0 saturated carbocycles. The molecule has 3 rings (SSSR count). The minimum Gasteiger partial charge on any atom is -2.00 e. The minimum absolute atomic E-state index is 0. The van der Waals surface area contributed by atoms with Crippen molar-refractivity contribution in [3.8, 4) is 0 Å². The Morgan fingerprint density at radius 3 is 2.51 bits per heavy atom. The molecule has 1 aromatic carbocycles. The molecule has 2 aliphatic rings. The molecule has 206 valence electrons. The molecule has 0 spiro atoms. The van der Waals surface area contributed by atoms with Crippen LogP contribution in [0.25, 0.3) is 0 Å². The third kappa shape index (κ3) is 9.76. The minimum atomic E-state index is -0.264. The second-order valence-electron chi connectivity index (χ2n) is 9.36. The number of fused-ring (bicyclic) bond motifs is 2. The zero-order valence-electron chi connectivity index (χ0n) is 21.3. The summed E-state index contributed by atoms with van der Waals surface area (Å²) in [7, 11) is 1.56. The van der Waals surface area contributed by atoms with E-state index in [-0.39, 0.29) is 67.8 Å². The molecule has 4 atom stereocenters. The number of carbonyl (C=O) groups excluding carboxylic acids is 2. The molecule has 0 aliphatic carbocycles. The van der Waals surface area contributed by atoms with Crippen LogP contribution in [0.1, 0.15) is 37.2 Å². The van der Waals surface area contributed by atoms with Crippen molar-refractivity contribution < 1.29 is 44.3 Å². The molecular weight excluding hydrogens is 601 g/mol. The maximum absolute atomic E-state index is 13.6. The van der Waals surface area contributed by atoms with Crippen molar-refractivity contribution in [2.45, 2.75) is 43.7 Å². The first-order chi connectivity index (χ1) is 17.0. The summed E-state index contributed by atoms with van der Waals surface area (Å²) in [6.45, 7) is 3.52. The Kier molecular flexibility index (Phi) is 16.5. The number of benzene rings is 1. The smallest absolute Gasteiger partial charge is 2.00 e. The Morgan fingerprint density at radius 1 is 1.14 bits per heavy atom. The van der Waals surface area contributed by atoms with Crippen LogP contribution < -0.4 is 10.6 Å². The standard InChI is InChI=1S/C25H39FN4O3S2.O.Tc/c1-33-17-28-25(32)24-21(18-3-5-19(26)6-4-18)15-20-7-8-22(24)30(20)11-2-10-29(12-14-35)16-23(31)27-9-13-34;;/h3-6,20-22,24,34-35H,2,7-17H2,1H3,(H,27,31)(H,28,32);;/q;-2;+5/t20?,21?,22-,24?;;/m1../s1. The maximum Gasteiger partial charge on any atom is 5.00 e. The van der Waals surface area contributed by atoms with Gasteiger partial charge in [0.05, 0.1) is 12.5 Å². The molecule has 12 heteroatoms. The zero-order chi connectivity index (χ0) is 25.2. The predicted molar refractivity (Wildman–Crippen MR) is 143 cm³/mol. The van der Waals surface area contributed by atoms with Crippen LogP contribution in [0, 0.1) is 11.7 Å². The van der Waals surface area contributed by atoms with Crippen molar-refractivity contribution in [2.75, 3.05) is 58.1 Å². The van der Waals surface area contributed by atoms with Gasteiger partial charge in [-0.1, -0.05) is 12.1 Å². The Balaban J connectivity index is 0.00000342. The first-order valence-electron chi connectivity index (χ1n) is 12.5. The molecule has 0 radical (unpaired) electrons. The summed E-state index contributed by atoms with van der Waals surface area (Å²) in [5.41, 5.74) is 1.02. The molecule has 2 aliphatic heterocycles. The molecule has 8 nitrogen and oxygen atoms in total. The fourth-order valence-corrected chi connectivity index (χ4v) is 6.07. The Hall–Kier alpha value is -0.721. The molecular formula is C25H39FN4O4S2Tc+3. The topological polar surface area (TPSA) is 102 Å². The number of nitrogens with one attached hydrogen (secondary N) is 2. The van der Waals surface area contributed by atoms with E-state index >= 15 is 0 Å². The monoisotopic (exact) mass is 639 g/mol. The van der Waals surface area contributed by atoms with E-state index in [0.717, 1.165) is 50.9 Å². The Labute approximate surface area is 244 Å². The van der Waals surface area contributed by atoms with E-state index < -0.39 is 0 Å². The quantitative estimate of drug-likeness (QED) is 0.184. The van der Waals surface area contributed by atoms with E-state index in [2.05, 4.69) is 45.7 Å². The molecule has 2 N–H and O–H groups in total. The molecule has 2 amide bonds. The van der Waals surface area contributed by atoms with Gasteiger partial charge in [0.1, 0.15) is 12.5 Å². The van der Waals surface area contributed by atoms with E-state index in [1.54, 1.807) is 7.11 Å². The average molecular weight is 641 g/mol. The number of hydrogen-bond acceptors (Lipinski definition) is 7. The number of halogens is 1. The fraction of sp³-hybridized carbons (Fsp3) is 0.680. The number of amides is 2. The van der Waals surface area contributed by atoms with Gasteiger partial charge in [0.2, 0.25) is 11.8 Å². The van der Waals surface area contributed by atoms with E-state index in [4.69, 9.17) is 4.74 Å². The molecule has 2 bridgehead atoms. The van der Waals surface area contributed by atoms with Crippen molar-refractivity contribution in [3.63, 3.8) is 0 Å². The van der Waals surface area contributed by atoms with Gasteiger partial charge in [-0.3, -0.25) is 19.4 Å². The number of nitrogens with zero attached hydrogens (tertiary/aromatic N) is 2. The number of ether oxygens (including phenoxy) is 1. The van der Waals surface area contributed by atoms with E-state index in [1.807, 2.05) is 12.1 Å². The van der Waals surface area contributed by atoms with Gasteiger partial charge in [-0.15, -0.1) is 0 Å². The van der Waals surface area contributed by atoms with Crippen LogP contribution in [-0.4, -0.2) is 91.8 Å². The van der Waals surface area contributed by atoms with Crippen molar-refractivity contribution >= 4 is 37.1 Å².